The maximum atomic E-state index is 14.8. The molecule has 1 atom stereocenters. The number of H-pyrrole nitrogens is 1. The van der Waals surface area contributed by atoms with Crippen molar-refractivity contribution in [2.75, 3.05) is 26.5 Å². The average molecular weight is 574 g/mol. The van der Waals surface area contributed by atoms with Crippen LogP contribution in [0.3, 0.4) is 0 Å². The third-order valence-electron chi connectivity index (χ3n) is 6.01. The summed E-state index contributed by atoms with van der Waals surface area (Å²) in [4.78, 5) is 62.3. The van der Waals surface area contributed by atoms with Crippen LogP contribution in [0.1, 0.15) is 38.2 Å². The highest BCUT2D eigenvalue weighted by atomic mass is 19.1. The molecule has 3 aromatic heterocycles. The number of imidazole rings is 1. The molecule has 220 valence electrons. The van der Waals surface area contributed by atoms with Gasteiger partial charge in [0.1, 0.15) is 23.1 Å². The zero-order chi connectivity index (χ0) is 30.3. The molecule has 3 rings (SSSR count). The smallest absolute Gasteiger partial charge is 0.407 e. The normalized spacial score (nSPS) is 12.1. The molecule has 0 spiro atoms. The van der Waals surface area contributed by atoms with Crippen molar-refractivity contribution in [1.29, 1.82) is 0 Å². The summed E-state index contributed by atoms with van der Waals surface area (Å²) in [5, 5.41) is 4.80. The lowest BCUT2D eigenvalue weighted by Crippen LogP contribution is -2.44. The van der Waals surface area contributed by atoms with E-state index >= 15 is 0 Å². The molecule has 3 aromatic rings. The minimum absolute atomic E-state index is 0.0293. The number of fused-ring (bicyclic) bond motifs is 1. The molecule has 0 radical (unpaired) electrons. The zero-order valence-electron chi connectivity index (χ0n) is 23.5. The van der Waals surface area contributed by atoms with Gasteiger partial charge in [0.05, 0.1) is 31.1 Å². The predicted octanol–water partition coefficient (Wildman–Crippen LogP) is 2.73. The van der Waals surface area contributed by atoms with E-state index in [2.05, 4.69) is 30.3 Å². The Balaban J connectivity index is 1.83. The van der Waals surface area contributed by atoms with Gasteiger partial charge in [-0.3, -0.25) is 23.9 Å². The van der Waals surface area contributed by atoms with Crippen molar-refractivity contribution in [2.24, 2.45) is 5.92 Å². The number of allylic oxidation sites excluding steroid dienone is 1. The van der Waals surface area contributed by atoms with Gasteiger partial charge in [-0.25, -0.2) is 14.2 Å². The van der Waals surface area contributed by atoms with E-state index in [1.165, 1.54) is 11.0 Å². The van der Waals surface area contributed by atoms with Crippen molar-refractivity contribution in [3.63, 3.8) is 0 Å². The minimum Gasteiger partial charge on any atom is -0.453 e. The van der Waals surface area contributed by atoms with Gasteiger partial charge in [0.2, 0.25) is 11.8 Å². The highest BCUT2D eigenvalue weighted by Gasteiger charge is 2.23. The Kier molecular flexibility index (Phi) is 10.3. The van der Waals surface area contributed by atoms with Gasteiger partial charge >= 0.3 is 6.09 Å². The van der Waals surface area contributed by atoms with Crippen molar-refractivity contribution < 1.29 is 27.9 Å². The fraction of sp³-hybridized carbons (Fsp3) is 0.407. The summed E-state index contributed by atoms with van der Waals surface area (Å²) < 4.78 is 34.5. The molecule has 1 unspecified atom stereocenters. The van der Waals surface area contributed by atoms with Crippen molar-refractivity contribution in [3.05, 3.63) is 64.1 Å². The molecule has 3 amide bonds. The average Bonchev–Trinajstić information content (AvgIpc) is 3.36. The van der Waals surface area contributed by atoms with Crippen LogP contribution >= 0.6 is 0 Å². The van der Waals surface area contributed by atoms with E-state index in [0.29, 0.717) is 17.6 Å². The van der Waals surface area contributed by atoms with Gasteiger partial charge in [-0.15, -0.1) is 0 Å². The van der Waals surface area contributed by atoms with Crippen molar-refractivity contribution in [1.82, 2.24) is 29.7 Å². The van der Waals surface area contributed by atoms with Gasteiger partial charge < -0.3 is 25.3 Å². The number of ether oxygens (including phenoxy) is 1. The van der Waals surface area contributed by atoms with E-state index in [1.54, 1.807) is 20.2 Å². The molecule has 0 aliphatic rings. The van der Waals surface area contributed by atoms with Gasteiger partial charge in [0, 0.05) is 14.1 Å². The van der Waals surface area contributed by atoms with Gasteiger partial charge in [0.15, 0.2) is 11.8 Å². The number of halogens is 2. The number of aromatic nitrogens is 4. The largest absolute Gasteiger partial charge is 0.453 e. The number of nitrogens with zero attached hydrogens (tertiary/aromatic N) is 4. The van der Waals surface area contributed by atoms with E-state index < -0.39 is 35.4 Å². The van der Waals surface area contributed by atoms with Gasteiger partial charge in [0.25, 0.3) is 5.56 Å². The standard InChI is InChI=1S/C27H33F2N7O5/c1-15(2)12-19-24-23(16(28)13-30-19)33-21(34-24)14-36-20(29)11-10-18(26(36)39)31-25(38)17(32-27(40)41-5)8-6-7-9-22(37)35(3)4/h7,9-11,13,15,17H,6,8,12,14H2,1-5H3,(H,31,38)(H,32,40)(H,33,34)/b9-7+. The Labute approximate surface area is 234 Å². The molecule has 0 saturated carbocycles. The Morgan fingerprint density at radius 2 is 1.95 bits per heavy atom. The lowest BCUT2D eigenvalue weighted by molar-refractivity contribution is -0.123. The number of anilines is 1. The lowest BCUT2D eigenvalue weighted by atomic mass is 10.1. The molecule has 3 heterocycles. The van der Waals surface area contributed by atoms with E-state index in [4.69, 9.17) is 0 Å². The monoisotopic (exact) mass is 573 g/mol. The second-order valence-corrected chi connectivity index (χ2v) is 9.91. The summed E-state index contributed by atoms with van der Waals surface area (Å²) in [5.41, 5.74) is -0.149. The molecule has 0 fully saturated rings. The predicted molar refractivity (Wildman–Crippen MR) is 147 cm³/mol. The minimum atomic E-state index is -1.13. The Bertz CT molecular complexity index is 1510. The number of aromatic amines is 1. The first-order valence-electron chi connectivity index (χ1n) is 12.9. The Morgan fingerprint density at radius 1 is 1.22 bits per heavy atom. The maximum absolute atomic E-state index is 14.8. The van der Waals surface area contributed by atoms with Crippen LogP contribution in [0.15, 0.2) is 35.3 Å². The van der Waals surface area contributed by atoms with Crippen LogP contribution in [0.2, 0.25) is 0 Å². The van der Waals surface area contributed by atoms with Gasteiger partial charge in [-0.2, -0.15) is 4.39 Å². The molecule has 3 N–H and O–H groups in total. The molecule has 0 bridgehead atoms. The fourth-order valence-corrected chi connectivity index (χ4v) is 3.91. The first-order chi connectivity index (χ1) is 19.4. The molecule has 41 heavy (non-hydrogen) atoms. The number of hydrogen-bond donors (Lipinski definition) is 3. The summed E-state index contributed by atoms with van der Waals surface area (Å²) in [7, 11) is 4.31. The number of hydrogen-bond acceptors (Lipinski definition) is 7. The summed E-state index contributed by atoms with van der Waals surface area (Å²) in [6, 6.07) is 0.953. The van der Waals surface area contributed by atoms with E-state index in [0.717, 1.165) is 30.0 Å². The molecule has 0 aliphatic carbocycles. The van der Waals surface area contributed by atoms with E-state index in [-0.39, 0.29) is 48.2 Å². The van der Waals surface area contributed by atoms with Crippen LogP contribution < -0.4 is 16.2 Å². The third kappa shape index (κ3) is 7.96. The highest BCUT2D eigenvalue weighted by molar-refractivity contribution is 5.96. The number of methoxy groups -OCH3 is 1. The summed E-state index contributed by atoms with van der Waals surface area (Å²) in [6.45, 7) is 3.59. The first kappa shape index (κ1) is 30.9. The number of likely N-dealkylation sites (N-methyl/N-ethyl adjacent to an activating group) is 1. The van der Waals surface area contributed by atoms with E-state index in [9.17, 15) is 28.0 Å². The van der Waals surface area contributed by atoms with Crippen molar-refractivity contribution >= 4 is 34.6 Å². The summed E-state index contributed by atoms with van der Waals surface area (Å²) in [5.74, 6) is -2.22. The van der Waals surface area contributed by atoms with Crippen LogP contribution in [0.5, 0.6) is 0 Å². The second kappa shape index (κ2) is 13.6. The Hall–Kier alpha value is -4.62. The number of rotatable bonds is 11. The van der Waals surface area contributed by atoms with Crippen LogP contribution in [-0.2, 0) is 27.3 Å². The number of carbonyl (C=O) groups is 3. The van der Waals surface area contributed by atoms with Crippen LogP contribution in [0, 0.1) is 17.7 Å². The molecule has 0 aromatic carbocycles. The van der Waals surface area contributed by atoms with Crippen LogP contribution in [0.4, 0.5) is 19.3 Å². The number of nitrogens with one attached hydrogen (secondary N) is 3. The van der Waals surface area contributed by atoms with Gasteiger partial charge in [-0.05, 0) is 43.4 Å². The molecule has 0 saturated heterocycles. The quantitative estimate of drug-likeness (QED) is 0.236. The molecule has 0 aliphatic heterocycles. The SMILES string of the molecule is COC(=O)NC(CC/C=C/C(=O)N(C)C)C(=O)Nc1ccc(F)n(Cc2nc3c(F)cnc(CC(C)C)c3[nH]2)c1=O. The molecular weight excluding hydrogens is 540 g/mol. The molecule has 14 heteroatoms. The topological polar surface area (TPSA) is 151 Å². The van der Waals surface area contributed by atoms with E-state index in [1.807, 2.05) is 13.8 Å². The van der Waals surface area contributed by atoms with Crippen molar-refractivity contribution in [2.45, 2.75) is 45.7 Å². The molecule has 12 nitrogen and oxygen atoms in total. The Morgan fingerprint density at radius 3 is 2.61 bits per heavy atom. The molecular formula is C27H33F2N7O5. The summed E-state index contributed by atoms with van der Waals surface area (Å²) >= 11 is 0. The van der Waals surface area contributed by atoms with Crippen molar-refractivity contribution in [3.8, 4) is 0 Å². The third-order valence-corrected chi connectivity index (χ3v) is 6.01. The van der Waals surface area contributed by atoms with Crippen LogP contribution in [0.25, 0.3) is 11.0 Å². The van der Waals surface area contributed by atoms with Crippen LogP contribution in [-0.4, -0.2) is 69.6 Å². The zero-order valence-corrected chi connectivity index (χ0v) is 23.5. The maximum Gasteiger partial charge on any atom is 0.407 e. The number of alkyl carbamates (subject to hydrolysis) is 1. The lowest BCUT2D eigenvalue weighted by Gasteiger charge is -2.17. The fourth-order valence-electron chi connectivity index (χ4n) is 3.91. The highest BCUT2D eigenvalue weighted by Crippen LogP contribution is 2.21. The summed E-state index contributed by atoms with van der Waals surface area (Å²) in [6.07, 6.45) is 3.94. The first-order valence-corrected chi connectivity index (χ1v) is 12.9. The number of pyridine rings is 2. The number of carbonyl (C=O) groups excluding carboxylic acids is 3. The van der Waals surface area contributed by atoms with Gasteiger partial charge in [-0.1, -0.05) is 19.9 Å². The number of amides is 3. The second-order valence-electron chi connectivity index (χ2n) is 9.91.